The van der Waals surface area contributed by atoms with Gasteiger partial charge in [0.05, 0.1) is 13.2 Å². The fourth-order valence-corrected chi connectivity index (χ4v) is 2.99. The fraction of sp³-hybridized carbons (Fsp3) is 0.600. The molecule has 25 heavy (non-hydrogen) atoms. The summed E-state index contributed by atoms with van der Waals surface area (Å²) in [6.45, 7) is 6.00. The SMILES string of the molecule is CCCCCCOc1ccc(N2CCC(=O)C(C(=O)OCC)C2)cc1. The minimum atomic E-state index is -0.678. The molecule has 0 aromatic heterocycles. The zero-order valence-corrected chi connectivity index (χ0v) is 15.3. The van der Waals surface area contributed by atoms with E-state index in [-0.39, 0.29) is 5.78 Å². The van der Waals surface area contributed by atoms with Crippen LogP contribution in [-0.4, -0.2) is 38.1 Å². The van der Waals surface area contributed by atoms with E-state index in [1.807, 2.05) is 24.3 Å². The largest absolute Gasteiger partial charge is 0.494 e. The van der Waals surface area contributed by atoms with Crippen LogP contribution in [0.15, 0.2) is 24.3 Å². The Kier molecular flexibility index (Phi) is 7.76. The first-order valence-electron chi connectivity index (χ1n) is 9.32. The van der Waals surface area contributed by atoms with Crippen LogP contribution in [0, 0.1) is 5.92 Å². The van der Waals surface area contributed by atoms with E-state index in [4.69, 9.17) is 9.47 Å². The number of ketones is 1. The third kappa shape index (κ3) is 5.76. The molecule has 138 valence electrons. The van der Waals surface area contributed by atoms with Crippen molar-refractivity contribution in [3.8, 4) is 5.75 Å². The van der Waals surface area contributed by atoms with Gasteiger partial charge in [-0.25, -0.2) is 0 Å². The van der Waals surface area contributed by atoms with Crippen molar-refractivity contribution in [2.45, 2.75) is 46.0 Å². The van der Waals surface area contributed by atoms with E-state index in [9.17, 15) is 9.59 Å². The van der Waals surface area contributed by atoms with Crippen LogP contribution in [-0.2, 0) is 14.3 Å². The van der Waals surface area contributed by atoms with Crippen LogP contribution >= 0.6 is 0 Å². The predicted octanol–water partition coefficient (Wildman–Crippen LogP) is 3.60. The normalized spacial score (nSPS) is 17.4. The molecule has 0 bridgehead atoms. The van der Waals surface area contributed by atoms with E-state index in [0.29, 0.717) is 26.1 Å². The Hall–Kier alpha value is -2.04. The van der Waals surface area contributed by atoms with Crippen molar-refractivity contribution in [1.82, 2.24) is 0 Å². The Bertz CT molecular complexity index is 555. The Labute approximate surface area is 150 Å². The summed E-state index contributed by atoms with van der Waals surface area (Å²) in [5.41, 5.74) is 1.00. The zero-order chi connectivity index (χ0) is 18.1. The van der Waals surface area contributed by atoms with Crippen LogP contribution < -0.4 is 9.64 Å². The first-order valence-corrected chi connectivity index (χ1v) is 9.32. The third-order valence-electron chi connectivity index (χ3n) is 4.46. The quantitative estimate of drug-likeness (QED) is 0.388. The summed E-state index contributed by atoms with van der Waals surface area (Å²) in [6.07, 6.45) is 5.12. The Morgan fingerprint density at radius 3 is 2.60 bits per heavy atom. The van der Waals surface area contributed by atoms with Crippen molar-refractivity contribution >= 4 is 17.4 Å². The average Bonchev–Trinajstić information content (AvgIpc) is 2.63. The van der Waals surface area contributed by atoms with Crippen molar-refractivity contribution in [1.29, 1.82) is 0 Å². The molecule has 1 aromatic rings. The first kappa shape index (κ1) is 19.3. The Morgan fingerprint density at radius 1 is 1.16 bits per heavy atom. The minimum absolute atomic E-state index is 0.0262. The second-order valence-corrected chi connectivity index (χ2v) is 6.37. The van der Waals surface area contributed by atoms with Gasteiger partial charge in [0.25, 0.3) is 0 Å². The van der Waals surface area contributed by atoms with E-state index in [0.717, 1.165) is 24.5 Å². The van der Waals surface area contributed by atoms with Gasteiger partial charge in [-0.05, 0) is 37.6 Å². The van der Waals surface area contributed by atoms with Gasteiger partial charge in [-0.1, -0.05) is 26.2 Å². The molecule has 0 spiro atoms. The molecule has 1 atom stereocenters. The maximum absolute atomic E-state index is 12.0. The number of esters is 1. The van der Waals surface area contributed by atoms with Crippen molar-refractivity contribution in [3.05, 3.63) is 24.3 Å². The van der Waals surface area contributed by atoms with E-state index in [2.05, 4.69) is 11.8 Å². The molecule has 0 radical (unpaired) electrons. The predicted molar refractivity (Wildman–Crippen MR) is 98.0 cm³/mol. The van der Waals surface area contributed by atoms with Gasteiger partial charge < -0.3 is 14.4 Å². The average molecular weight is 347 g/mol. The summed E-state index contributed by atoms with van der Waals surface area (Å²) in [5.74, 6) is -0.260. The number of Topliss-reactive ketones (excluding diaryl/α,β-unsaturated/α-hetero) is 1. The number of nitrogens with zero attached hydrogens (tertiary/aromatic N) is 1. The summed E-state index contributed by atoms with van der Waals surface area (Å²) in [6, 6.07) is 7.87. The molecule has 0 saturated carbocycles. The van der Waals surface area contributed by atoms with Crippen LogP contribution in [0.5, 0.6) is 5.75 Å². The number of rotatable bonds is 9. The molecule has 5 heteroatoms. The summed E-state index contributed by atoms with van der Waals surface area (Å²) in [7, 11) is 0. The highest BCUT2D eigenvalue weighted by molar-refractivity contribution is 6.00. The highest BCUT2D eigenvalue weighted by atomic mass is 16.5. The molecule has 1 heterocycles. The zero-order valence-electron chi connectivity index (χ0n) is 15.3. The van der Waals surface area contributed by atoms with Gasteiger partial charge in [0.2, 0.25) is 0 Å². The molecule has 1 aromatic carbocycles. The Morgan fingerprint density at radius 2 is 1.92 bits per heavy atom. The highest BCUT2D eigenvalue weighted by Gasteiger charge is 2.33. The van der Waals surface area contributed by atoms with E-state index in [1.165, 1.54) is 19.3 Å². The van der Waals surface area contributed by atoms with Gasteiger partial charge in [-0.15, -0.1) is 0 Å². The lowest BCUT2D eigenvalue weighted by molar-refractivity contribution is -0.151. The van der Waals surface area contributed by atoms with Gasteiger partial charge >= 0.3 is 5.97 Å². The lowest BCUT2D eigenvalue weighted by Crippen LogP contribution is -2.45. The van der Waals surface area contributed by atoms with Crippen LogP contribution in [0.1, 0.15) is 46.0 Å². The highest BCUT2D eigenvalue weighted by Crippen LogP contribution is 2.24. The van der Waals surface area contributed by atoms with E-state index in [1.54, 1.807) is 6.92 Å². The monoisotopic (exact) mass is 347 g/mol. The molecule has 5 nitrogen and oxygen atoms in total. The minimum Gasteiger partial charge on any atom is -0.494 e. The lowest BCUT2D eigenvalue weighted by atomic mass is 9.96. The molecule has 0 amide bonds. The number of benzene rings is 1. The van der Waals surface area contributed by atoms with Crippen molar-refractivity contribution in [3.63, 3.8) is 0 Å². The van der Waals surface area contributed by atoms with Crippen LogP contribution in [0.4, 0.5) is 5.69 Å². The maximum Gasteiger partial charge on any atom is 0.318 e. The van der Waals surface area contributed by atoms with E-state index < -0.39 is 11.9 Å². The smallest absolute Gasteiger partial charge is 0.318 e. The maximum atomic E-state index is 12.0. The molecule has 0 aliphatic carbocycles. The number of anilines is 1. The van der Waals surface area contributed by atoms with Crippen LogP contribution in [0.25, 0.3) is 0 Å². The molecule has 2 rings (SSSR count). The van der Waals surface area contributed by atoms with Crippen molar-refractivity contribution in [2.24, 2.45) is 5.92 Å². The summed E-state index contributed by atoms with van der Waals surface area (Å²) < 4.78 is 10.8. The molecule has 1 fully saturated rings. The fourth-order valence-electron chi connectivity index (χ4n) is 2.99. The number of piperidine rings is 1. The molecular weight excluding hydrogens is 318 g/mol. The molecule has 1 unspecified atom stereocenters. The number of hydrogen-bond donors (Lipinski definition) is 0. The summed E-state index contributed by atoms with van der Waals surface area (Å²) in [5, 5.41) is 0. The standard InChI is InChI=1S/C20H29NO4/c1-3-5-6-7-14-25-17-10-8-16(9-11-17)21-13-12-19(22)18(15-21)20(23)24-4-2/h8-11,18H,3-7,12-15H2,1-2H3. The number of hydrogen-bond acceptors (Lipinski definition) is 5. The van der Waals surface area contributed by atoms with Gasteiger partial charge in [0.15, 0.2) is 5.78 Å². The van der Waals surface area contributed by atoms with Crippen molar-refractivity contribution in [2.75, 3.05) is 31.2 Å². The van der Waals surface area contributed by atoms with Crippen LogP contribution in [0.2, 0.25) is 0 Å². The topological polar surface area (TPSA) is 55.8 Å². The van der Waals surface area contributed by atoms with Gasteiger partial charge in [-0.3, -0.25) is 9.59 Å². The summed E-state index contributed by atoms with van der Waals surface area (Å²) in [4.78, 5) is 26.0. The molecular formula is C20H29NO4. The summed E-state index contributed by atoms with van der Waals surface area (Å²) >= 11 is 0. The number of carbonyl (C=O) groups is 2. The molecule has 0 N–H and O–H groups in total. The molecule has 1 aliphatic heterocycles. The number of ether oxygens (including phenoxy) is 2. The Balaban J connectivity index is 1.88. The van der Waals surface area contributed by atoms with Gasteiger partial charge in [0, 0.05) is 25.2 Å². The lowest BCUT2D eigenvalue weighted by Gasteiger charge is -2.32. The van der Waals surface area contributed by atoms with Gasteiger partial charge in [0.1, 0.15) is 11.7 Å². The number of carbonyl (C=O) groups excluding carboxylic acids is 2. The van der Waals surface area contributed by atoms with Crippen molar-refractivity contribution < 1.29 is 19.1 Å². The van der Waals surface area contributed by atoms with Gasteiger partial charge in [-0.2, -0.15) is 0 Å². The van der Waals surface area contributed by atoms with Crippen LogP contribution in [0.3, 0.4) is 0 Å². The molecule has 1 aliphatic rings. The van der Waals surface area contributed by atoms with E-state index >= 15 is 0 Å². The third-order valence-corrected chi connectivity index (χ3v) is 4.46. The first-order chi connectivity index (χ1) is 12.2. The molecule has 1 saturated heterocycles. The second kappa shape index (κ2) is 10.1. The number of unbranched alkanes of at least 4 members (excludes halogenated alkanes) is 3. The second-order valence-electron chi connectivity index (χ2n) is 6.37.